The van der Waals surface area contributed by atoms with Gasteiger partial charge in [-0.3, -0.25) is 4.79 Å². The minimum Gasteiger partial charge on any atom is -0.455 e. The summed E-state index contributed by atoms with van der Waals surface area (Å²) in [7, 11) is 3.05. The summed E-state index contributed by atoms with van der Waals surface area (Å²) in [6.07, 6.45) is 9.79. The van der Waals surface area contributed by atoms with Gasteiger partial charge >= 0.3 is 26.4 Å². The van der Waals surface area contributed by atoms with Crippen LogP contribution in [-0.2, 0) is 48.7 Å². The van der Waals surface area contributed by atoms with E-state index in [1.54, 1.807) is 64.0 Å². The van der Waals surface area contributed by atoms with E-state index in [9.17, 15) is 4.79 Å². The molecule has 12 nitrogen and oxygen atoms in total. The molecule has 0 aromatic rings. The number of hydrogen-bond donors (Lipinski definition) is 1. The van der Waals surface area contributed by atoms with Crippen LogP contribution in [0, 0.1) is 5.41 Å². The molecule has 0 aliphatic rings. The second kappa shape index (κ2) is 25.3. The van der Waals surface area contributed by atoms with Gasteiger partial charge in [-0.25, -0.2) is 0 Å². The molecule has 1 amide bonds. The van der Waals surface area contributed by atoms with Gasteiger partial charge in [-0.1, -0.05) is 26.2 Å². The normalized spacial score (nSPS) is 13.6. The van der Waals surface area contributed by atoms with Gasteiger partial charge in [0.1, 0.15) is 0 Å². The molecule has 0 spiro atoms. The minimum absolute atomic E-state index is 0.0885. The van der Waals surface area contributed by atoms with Crippen LogP contribution in [0.1, 0.15) is 77.6 Å². The van der Waals surface area contributed by atoms with Crippen LogP contribution >= 0.6 is 0 Å². The lowest BCUT2D eigenvalue weighted by atomic mass is 9.75. The Kier molecular flexibility index (Phi) is 25.4. The van der Waals surface area contributed by atoms with Gasteiger partial charge in [0.05, 0.1) is 0 Å². The number of unbranched alkanes of at least 4 members (excludes halogenated alkanes) is 2. The van der Waals surface area contributed by atoms with E-state index < -0.39 is 43.0 Å². The third-order valence-corrected chi connectivity index (χ3v) is 26.2. The fourth-order valence-electron chi connectivity index (χ4n) is 7.01. The van der Waals surface area contributed by atoms with Gasteiger partial charge in [0, 0.05) is 95.1 Å². The first-order valence-electron chi connectivity index (χ1n) is 18.5. The second-order valence-electron chi connectivity index (χ2n) is 14.7. The molecule has 0 heterocycles. The van der Waals surface area contributed by atoms with Gasteiger partial charge in [0.25, 0.3) is 0 Å². The molecule has 0 aromatic heterocycles. The van der Waals surface area contributed by atoms with Gasteiger partial charge < -0.3 is 49.3 Å². The van der Waals surface area contributed by atoms with Gasteiger partial charge in [-0.05, 0) is 88.6 Å². The van der Waals surface area contributed by atoms with Crippen molar-refractivity contribution in [1.82, 2.24) is 5.32 Å². The molecular formula is C33H77NO11Si5. The number of carbonyl (C=O) groups is 1. The van der Waals surface area contributed by atoms with Gasteiger partial charge in [-0.15, -0.1) is 0 Å². The van der Waals surface area contributed by atoms with Crippen molar-refractivity contribution in [3.05, 3.63) is 0 Å². The van der Waals surface area contributed by atoms with E-state index in [1.807, 2.05) is 0 Å². The van der Waals surface area contributed by atoms with Crippen LogP contribution in [0.2, 0.25) is 56.4 Å². The SMILES string of the molecule is CCCC[Si](C)(C)O[Si](C)(C)CCCCC(=O)NCC(CCC[Si](OC)(OC)OC)(CCC[Si](OC)(OC)OC)CCC[Si](OC)(OC)OC. The lowest BCUT2D eigenvalue weighted by Gasteiger charge is -2.37. The molecule has 17 heteroatoms. The molecule has 0 saturated heterocycles. The summed E-state index contributed by atoms with van der Waals surface area (Å²) in [4.78, 5) is 13.4. The smallest absolute Gasteiger partial charge is 0.455 e. The van der Waals surface area contributed by atoms with Crippen molar-refractivity contribution in [3.8, 4) is 0 Å². The highest BCUT2D eigenvalue weighted by Crippen LogP contribution is 2.39. The van der Waals surface area contributed by atoms with Crippen molar-refractivity contribution in [2.75, 3.05) is 70.5 Å². The Morgan fingerprint density at radius 3 is 1.16 bits per heavy atom. The van der Waals surface area contributed by atoms with Crippen LogP contribution in [0.4, 0.5) is 0 Å². The Morgan fingerprint density at radius 2 is 0.840 bits per heavy atom. The van der Waals surface area contributed by atoms with Gasteiger partial charge in [-0.2, -0.15) is 0 Å². The van der Waals surface area contributed by atoms with Crippen molar-refractivity contribution in [2.24, 2.45) is 5.41 Å². The molecule has 0 aromatic carbocycles. The summed E-state index contributed by atoms with van der Waals surface area (Å²) in [6.45, 7) is 12.2. The van der Waals surface area contributed by atoms with E-state index in [1.165, 1.54) is 18.9 Å². The average Bonchev–Trinajstić information content (AvgIpc) is 3.10. The third-order valence-electron chi connectivity index (χ3n) is 10.1. The Balaban J connectivity index is 5.92. The fourth-order valence-corrected chi connectivity index (χ4v) is 21.3. The maximum Gasteiger partial charge on any atom is 0.500 e. The topological polar surface area (TPSA) is 121 Å². The monoisotopic (exact) mass is 803 g/mol. The van der Waals surface area contributed by atoms with Crippen LogP contribution in [0.25, 0.3) is 0 Å². The van der Waals surface area contributed by atoms with Crippen LogP contribution in [-0.4, -0.2) is 119 Å². The summed E-state index contributed by atoms with van der Waals surface area (Å²) in [5, 5.41) is 3.35. The summed E-state index contributed by atoms with van der Waals surface area (Å²) >= 11 is 0. The maximum absolute atomic E-state index is 13.4. The molecule has 1 N–H and O–H groups in total. The molecule has 50 heavy (non-hydrogen) atoms. The first-order chi connectivity index (χ1) is 23.5. The zero-order valence-electron chi connectivity index (χ0n) is 34.5. The van der Waals surface area contributed by atoms with Crippen molar-refractivity contribution < 1.29 is 48.7 Å². The summed E-state index contributed by atoms with van der Waals surface area (Å²) in [6, 6.07) is 4.31. The van der Waals surface area contributed by atoms with Crippen LogP contribution in [0.3, 0.4) is 0 Å². The molecule has 0 rings (SSSR count). The van der Waals surface area contributed by atoms with E-state index in [0.717, 1.165) is 57.4 Å². The highest BCUT2D eigenvalue weighted by molar-refractivity contribution is 6.84. The Morgan fingerprint density at radius 1 is 0.500 bits per heavy atom. The number of hydrogen-bond acceptors (Lipinski definition) is 11. The van der Waals surface area contributed by atoms with Crippen molar-refractivity contribution in [3.63, 3.8) is 0 Å². The first kappa shape index (κ1) is 50.2. The Hall–Kier alpha value is 0.154. The molecule has 0 saturated carbocycles. The zero-order valence-corrected chi connectivity index (χ0v) is 39.5. The van der Waals surface area contributed by atoms with E-state index >= 15 is 0 Å². The van der Waals surface area contributed by atoms with Crippen molar-refractivity contribution in [2.45, 2.75) is 134 Å². The van der Waals surface area contributed by atoms with Crippen LogP contribution in [0.5, 0.6) is 0 Å². The molecular weight excluding hydrogens is 727 g/mol. The molecule has 0 atom stereocenters. The standard InChI is InChI=1S/C33H77NO11Si5/c1-15-16-26-46(11,12)45-47(13,14)27-18-17-22-32(35)34-31-33(23-19-28-48(36-2,37-3)38-4,24-20-29-49(39-5,40-6)41-7)25-21-30-50(42-8,43-9)44-10/h15-31H2,1-14H3,(H,34,35). The number of rotatable bonds is 33. The molecule has 0 radical (unpaired) electrons. The predicted molar refractivity (Wildman–Crippen MR) is 212 cm³/mol. The van der Waals surface area contributed by atoms with E-state index in [4.69, 9.17) is 43.9 Å². The fraction of sp³-hybridized carbons (Fsp3) is 0.970. The van der Waals surface area contributed by atoms with Crippen molar-refractivity contribution in [1.29, 1.82) is 0 Å². The average molecular weight is 804 g/mol. The second-order valence-corrected chi connectivity index (χ2v) is 32.8. The van der Waals surface area contributed by atoms with E-state index in [-0.39, 0.29) is 11.3 Å². The predicted octanol–water partition coefficient (Wildman–Crippen LogP) is 7.46. The molecule has 0 bridgehead atoms. The summed E-state index contributed by atoms with van der Waals surface area (Å²) in [5.41, 5.74) is -0.229. The van der Waals surface area contributed by atoms with Crippen LogP contribution < -0.4 is 5.32 Å². The zero-order chi connectivity index (χ0) is 38.4. The highest BCUT2D eigenvalue weighted by atomic mass is 28.4. The molecule has 0 unspecified atom stereocenters. The number of nitrogens with one attached hydrogen (secondary N) is 1. The highest BCUT2D eigenvalue weighted by Gasteiger charge is 2.43. The quantitative estimate of drug-likeness (QED) is 0.0526. The first-order valence-corrected chi connectivity index (χ1v) is 30.5. The Bertz CT molecular complexity index is 803. The third kappa shape index (κ3) is 18.5. The minimum atomic E-state index is -2.78. The lowest BCUT2D eigenvalue weighted by Crippen LogP contribution is -2.45. The Labute approximate surface area is 312 Å². The molecule has 0 fully saturated rings. The molecule has 0 aliphatic heterocycles. The maximum atomic E-state index is 13.4. The van der Waals surface area contributed by atoms with Crippen LogP contribution in [0.15, 0.2) is 0 Å². The van der Waals surface area contributed by atoms with Gasteiger partial charge in [0.15, 0.2) is 16.6 Å². The summed E-state index contributed by atoms with van der Waals surface area (Å²) < 4.78 is 58.5. The largest absolute Gasteiger partial charge is 0.500 e. The lowest BCUT2D eigenvalue weighted by molar-refractivity contribution is -0.121. The molecule has 0 aliphatic carbocycles. The summed E-state index contributed by atoms with van der Waals surface area (Å²) in [5.74, 6) is 0.0885. The van der Waals surface area contributed by atoms with Crippen molar-refractivity contribution >= 4 is 49.0 Å². The van der Waals surface area contributed by atoms with Gasteiger partial charge in [0.2, 0.25) is 5.91 Å². The molecule has 300 valence electrons. The number of carbonyl (C=O) groups excluding carboxylic acids is 1. The van der Waals surface area contributed by atoms with E-state index in [2.05, 4.69) is 38.4 Å². The number of amides is 1. The van der Waals surface area contributed by atoms with E-state index in [0.29, 0.717) is 31.1 Å².